The summed E-state index contributed by atoms with van der Waals surface area (Å²) in [6.07, 6.45) is 4.38. The van der Waals surface area contributed by atoms with Gasteiger partial charge in [-0.1, -0.05) is 12.1 Å². The van der Waals surface area contributed by atoms with E-state index in [0.717, 1.165) is 42.1 Å². The molecule has 0 saturated carbocycles. The van der Waals surface area contributed by atoms with Crippen LogP contribution < -0.4 is 25.2 Å². The van der Waals surface area contributed by atoms with Crippen LogP contribution in [0.3, 0.4) is 0 Å². The highest BCUT2D eigenvalue weighted by molar-refractivity contribution is 5.89. The van der Waals surface area contributed by atoms with E-state index >= 15 is 0 Å². The molecule has 2 heterocycles. The number of para-hydroxylation sites is 2. The van der Waals surface area contributed by atoms with Crippen LogP contribution in [0.4, 0.5) is 0 Å². The number of carbonyl (C=O) groups is 2. The average Bonchev–Trinajstić information content (AvgIpc) is 2.79. The van der Waals surface area contributed by atoms with E-state index in [0.29, 0.717) is 25.4 Å². The number of unbranched alkanes of at least 4 members (excludes halogenated alkanes) is 1. The van der Waals surface area contributed by atoms with Gasteiger partial charge in [0.05, 0.1) is 6.61 Å². The average molecular weight is 462 g/mol. The minimum atomic E-state index is -1.26. The van der Waals surface area contributed by atoms with Gasteiger partial charge in [-0.3, -0.25) is 0 Å². The monoisotopic (exact) mass is 462 g/mol. The lowest BCUT2D eigenvalue weighted by atomic mass is 10.2. The van der Waals surface area contributed by atoms with E-state index in [1.165, 1.54) is 6.20 Å². The predicted octanol–water partition coefficient (Wildman–Crippen LogP) is 0.476. The van der Waals surface area contributed by atoms with Crippen LogP contribution in [0.15, 0.2) is 47.4 Å². The topological polar surface area (TPSA) is 162 Å². The van der Waals surface area contributed by atoms with E-state index < -0.39 is 17.6 Å². The first-order chi connectivity index (χ1) is 15.8. The van der Waals surface area contributed by atoms with E-state index in [-0.39, 0.29) is 12.0 Å². The number of carboxylic acids is 2. The standard InChI is InChI=1S/C17H22N4O4.C4H4O4/c1-21-17(22)20-16(11-19-21)23-9-5-4-8-18-10-13-12-24-14-6-2-3-7-15(14)25-13;5-3(6)1-2-4(7)8/h2-3,6-7,11,13,18H,4-5,8-10,12H2,1H3;1-2H,(H,5,6)(H,7,8)/t13-;/m0./s1. The van der Waals surface area contributed by atoms with Crippen molar-refractivity contribution in [2.45, 2.75) is 18.9 Å². The Morgan fingerprint density at radius 3 is 2.58 bits per heavy atom. The third kappa shape index (κ3) is 9.82. The molecule has 0 unspecified atom stereocenters. The van der Waals surface area contributed by atoms with Gasteiger partial charge < -0.3 is 29.7 Å². The van der Waals surface area contributed by atoms with E-state index in [4.69, 9.17) is 24.4 Å². The number of ether oxygens (including phenoxy) is 3. The number of nitrogens with one attached hydrogen (secondary N) is 1. The molecule has 1 aliphatic heterocycles. The van der Waals surface area contributed by atoms with Gasteiger partial charge in [0.2, 0.25) is 5.88 Å². The Bertz CT molecular complexity index is 992. The highest BCUT2D eigenvalue weighted by Gasteiger charge is 2.19. The highest BCUT2D eigenvalue weighted by atomic mass is 16.6. The molecule has 0 radical (unpaired) electrons. The minimum absolute atomic E-state index is 0.0157. The highest BCUT2D eigenvalue weighted by Crippen LogP contribution is 2.30. The van der Waals surface area contributed by atoms with Crippen LogP contribution in [-0.4, -0.2) is 69.3 Å². The lowest BCUT2D eigenvalue weighted by Crippen LogP contribution is -2.38. The fourth-order valence-electron chi connectivity index (χ4n) is 2.55. The maximum atomic E-state index is 11.3. The predicted molar refractivity (Wildman–Crippen MR) is 116 cm³/mol. The molecule has 0 aliphatic carbocycles. The Balaban J connectivity index is 0.000000414. The van der Waals surface area contributed by atoms with Crippen molar-refractivity contribution in [1.29, 1.82) is 0 Å². The first-order valence-corrected chi connectivity index (χ1v) is 10.1. The molecule has 33 heavy (non-hydrogen) atoms. The Hall–Kier alpha value is -3.93. The lowest BCUT2D eigenvalue weighted by Gasteiger charge is -2.26. The molecule has 0 fully saturated rings. The summed E-state index contributed by atoms with van der Waals surface area (Å²) in [5.41, 5.74) is -0.421. The second-order valence-corrected chi connectivity index (χ2v) is 6.77. The molecule has 12 heteroatoms. The van der Waals surface area contributed by atoms with Gasteiger partial charge in [-0.05, 0) is 31.5 Å². The second-order valence-electron chi connectivity index (χ2n) is 6.77. The zero-order valence-corrected chi connectivity index (χ0v) is 18.0. The molecule has 2 aromatic rings. The summed E-state index contributed by atoms with van der Waals surface area (Å²) in [5, 5.41) is 22.8. The van der Waals surface area contributed by atoms with Crippen molar-refractivity contribution in [3.05, 3.63) is 53.1 Å². The smallest absolute Gasteiger partial charge is 0.366 e. The Morgan fingerprint density at radius 1 is 1.21 bits per heavy atom. The minimum Gasteiger partial charge on any atom is -0.486 e. The molecular formula is C21H26N4O8. The van der Waals surface area contributed by atoms with Crippen LogP contribution >= 0.6 is 0 Å². The first-order valence-electron chi connectivity index (χ1n) is 10.1. The number of aryl methyl sites for hydroxylation is 1. The van der Waals surface area contributed by atoms with Gasteiger partial charge in [-0.2, -0.15) is 10.1 Å². The van der Waals surface area contributed by atoms with E-state index in [1.807, 2.05) is 24.3 Å². The SMILES string of the molecule is Cn1ncc(OCCCCNC[C@H]2COc3ccccc3O2)nc1=O.O=C(O)C=CC(=O)O. The number of aliphatic carboxylic acids is 2. The van der Waals surface area contributed by atoms with Crippen molar-refractivity contribution in [2.24, 2.45) is 7.05 Å². The molecule has 1 aromatic carbocycles. The summed E-state index contributed by atoms with van der Waals surface area (Å²) in [6.45, 7) is 2.64. The first kappa shape index (κ1) is 25.3. The Morgan fingerprint density at radius 2 is 1.91 bits per heavy atom. The summed E-state index contributed by atoms with van der Waals surface area (Å²) in [6, 6.07) is 7.69. The maximum Gasteiger partial charge on any atom is 0.366 e. The van der Waals surface area contributed by atoms with Gasteiger partial charge in [-0.25, -0.2) is 19.1 Å². The van der Waals surface area contributed by atoms with Gasteiger partial charge in [0.1, 0.15) is 18.9 Å². The number of benzene rings is 1. The summed E-state index contributed by atoms with van der Waals surface area (Å²) in [5.74, 6) is -0.652. The van der Waals surface area contributed by atoms with Crippen molar-refractivity contribution in [2.75, 3.05) is 26.3 Å². The number of aromatic nitrogens is 3. The van der Waals surface area contributed by atoms with E-state index in [1.54, 1.807) is 7.05 Å². The van der Waals surface area contributed by atoms with Crippen LogP contribution in [0.2, 0.25) is 0 Å². The largest absolute Gasteiger partial charge is 0.486 e. The third-order valence-electron chi connectivity index (χ3n) is 4.13. The van der Waals surface area contributed by atoms with Crippen LogP contribution in [0.1, 0.15) is 12.8 Å². The molecule has 0 amide bonds. The molecule has 12 nitrogen and oxygen atoms in total. The lowest BCUT2D eigenvalue weighted by molar-refractivity contribution is -0.134. The fourth-order valence-corrected chi connectivity index (χ4v) is 2.55. The molecule has 1 atom stereocenters. The normalized spacial score (nSPS) is 14.3. The van der Waals surface area contributed by atoms with E-state index in [2.05, 4.69) is 15.4 Å². The quantitative estimate of drug-likeness (QED) is 0.332. The van der Waals surface area contributed by atoms with Gasteiger partial charge in [-0.15, -0.1) is 0 Å². The zero-order valence-electron chi connectivity index (χ0n) is 18.0. The molecule has 0 bridgehead atoms. The number of rotatable bonds is 10. The molecular weight excluding hydrogens is 436 g/mol. The van der Waals surface area contributed by atoms with Crippen LogP contribution in [0, 0.1) is 0 Å². The molecule has 1 aromatic heterocycles. The van der Waals surface area contributed by atoms with Gasteiger partial charge in [0, 0.05) is 25.7 Å². The molecule has 3 N–H and O–H groups in total. The van der Waals surface area contributed by atoms with E-state index in [9.17, 15) is 14.4 Å². The number of nitrogens with zero attached hydrogens (tertiary/aromatic N) is 3. The van der Waals surface area contributed by atoms with Crippen molar-refractivity contribution in [3.8, 4) is 17.4 Å². The number of fused-ring (bicyclic) bond motifs is 1. The number of carboxylic acid groups (broad SMARTS) is 2. The van der Waals surface area contributed by atoms with Crippen LogP contribution in [-0.2, 0) is 16.6 Å². The summed E-state index contributed by atoms with van der Waals surface area (Å²) < 4.78 is 18.1. The molecule has 0 saturated heterocycles. The summed E-state index contributed by atoms with van der Waals surface area (Å²) >= 11 is 0. The Labute approximate surface area is 189 Å². The summed E-state index contributed by atoms with van der Waals surface area (Å²) in [4.78, 5) is 34.2. The fraction of sp³-hybridized carbons (Fsp3) is 0.381. The van der Waals surface area contributed by atoms with Crippen molar-refractivity contribution in [1.82, 2.24) is 20.1 Å². The maximum absolute atomic E-state index is 11.3. The third-order valence-corrected chi connectivity index (χ3v) is 4.13. The van der Waals surface area contributed by atoms with Gasteiger partial charge in [0.15, 0.2) is 11.5 Å². The van der Waals surface area contributed by atoms with Crippen molar-refractivity contribution in [3.63, 3.8) is 0 Å². The second kappa shape index (κ2) is 13.5. The molecule has 178 valence electrons. The molecule has 0 spiro atoms. The summed E-state index contributed by atoms with van der Waals surface area (Å²) in [7, 11) is 1.55. The van der Waals surface area contributed by atoms with Crippen molar-refractivity contribution >= 4 is 11.9 Å². The Kier molecular flexibility index (Phi) is 10.3. The zero-order chi connectivity index (χ0) is 24.1. The molecule has 1 aliphatic rings. The van der Waals surface area contributed by atoms with Gasteiger partial charge in [0.25, 0.3) is 0 Å². The van der Waals surface area contributed by atoms with Crippen molar-refractivity contribution < 1.29 is 34.0 Å². The number of hydrogen-bond donors (Lipinski definition) is 3. The van der Waals surface area contributed by atoms with Crippen LogP contribution in [0.5, 0.6) is 17.4 Å². The van der Waals surface area contributed by atoms with Crippen LogP contribution in [0.25, 0.3) is 0 Å². The molecule has 3 rings (SSSR count). The number of hydrogen-bond acceptors (Lipinski definition) is 9. The van der Waals surface area contributed by atoms with Gasteiger partial charge >= 0.3 is 17.6 Å².